The van der Waals surface area contributed by atoms with Crippen LogP contribution in [0.15, 0.2) is 11.6 Å². The third-order valence-electron chi connectivity index (χ3n) is 3.98. The molecule has 2 saturated heterocycles. The molecule has 2 aliphatic rings. The molecule has 4 heteroatoms. The van der Waals surface area contributed by atoms with E-state index in [1.165, 1.54) is 0 Å². The molecule has 1 N–H and O–H groups in total. The van der Waals surface area contributed by atoms with Gasteiger partial charge in [0.1, 0.15) is 0 Å². The van der Waals surface area contributed by atoms with Crippen LogP contribution in [-0.2, 0) is 9.53 Å². The van der Waals surface area contributed by atoms with E-state index in [-0.39, 0.29) is 18.1 Å². The zero-order valence-electron chi connectivity index (χ0n) is 10.6. The van der Waals surface area contributed by atoms with E-state index < -0.39 is 0 Å². The lowest BCUT2D eigenvalue weighted by molar-refractivity contribution is -0.140. The lowest BCUT2D eigenvalue weighted by Crippen LogP contribution is -2.36. The fourth-order valence-corrected chi connectivity index (χ4v) is 2.83. The molecule has 0 aromatic rings. The first-order chi connectivity index (χ1) is 8.13. The molecule has 0 bridgehead atoms. The summed E-state index contributed by atoms with van der Waals surface area (Å²) in [7, 11) is 0. The average Bonchev–Trinajstić information content (AvgIpc) is 2.89. The fraction of sp³-hybridized carbons (Fsp3) is 0.769. The number of allylic oxidation sites excluding steroid dienone is 1. The Bertz CT molecular complexity index is 327. The third-order valence-corrected chi connectivity index (χ3v) is 3.98. The van der Waals surface area contributed by atoms with E-state index in [0.29, 0.717) is 18.1 Å². The van der Waals surface area contributed by atoms with E-state index in [1.807, 2.05) is 6.92 Å². The van der Waals surface area contributed by atoms with Gasteiger partial charge in [-0.25, -0.2) is 4.79 Å². The number of hydrogen-bond acceptors (Lipinski definition) is 4. The number of rotatable bonds is 3. The lowest BCUT2D eigenvalue weighted by Gasteiger charge is -2.22. The van der Waals surface area contributed by atoms with Crippen molar-refractivity contribution in [1.82, 2.24) is 4.90 Å². The highest BCUT2D eigenvalue weighted by Crippen LogP contribution is 2.33. The minimum atomic E-state index is -0.246. The summed E-state index contributed by atoms with van der Waals surface area (Å²) in [6, 6.07) is 0.203. The maximum absolute atomic E-state index is 11.5. The molecule has 2 heterocycles. The Morgan fingerprint density at radius 2 is 2.18 bits per heavy atom. The van der Waals surface area contributed by atoms with Crippen LogP contribution in [0.2, 0.25) is 0 Å². The van der Waals surface area contributed by atoms with E-state index in [9.17, 15) is 9.90 Å². The Balaban J connectivity index is 1.86. The van der Waals surface area contributed by atoms with E-state index in [1.54, 1.807) is 13.0 Å². The van der Waals surface area contributed by atoms with Gasteiger partial charge in [0, 0.05) is 24.1 Å². The highest BCUT2D eigenvalue weighted by Gasteiger charge is 2.43. The van der Waals surface area contributed by atoms with Gasteiger partial charge < -0.3 is 9.84 Å². The van der Waals surface area contributed by atoms with Crippen LogP contribution in [-0.4, -0.2) is 47.8 Å². The quantitative estimate of drug-likeness (QED) is 0.588. The number of aliphatic hydroxyl groups excluding tert-OH is 1. The number of aliphatic hydroxyl groups is 1. The predicted molar refractivity (Wildman–Crippen MR) is 64.5 cm³/mol. The molecule has 2 rings (SSSR count). The summed E-state index contributed by atoms with van der Waals surface area (Å²) < 4.78 is 5.29. The van der Waals surface area contributed by atoms with Crippen LogP contribution in [0.3, 0.4) is 0 Å². The highest BCUT2D eigenvalue weighted by molar-refractivity contribution is 5.87. The normalized spacial score (nSPS) is 33.8. The molecule has 3 atom stereocenters. The van der Waals surface area contributed by atoms with Gasteiger partial charge in [-0.05, 0) is 33.2 Å². The molecule has 0 saturated carbocycles. The van der Waals surface area contributed by atoms with Crippen molar-refractivity contribution < 1.29 is 14.6 Å². The topological polar surface area (TPSA) is 49.8 Å². The van der Waals surface area contributed by atoms with E-state index >= 15 is 0 Å². The van der Waals surface area contributed by atoms with Gasteiger partial charge in [0.25, 0.3) is 0 Å². The van der Waals surface area contributed by atoms with Gasteiger partial charge in [0.2, 0.25) is 0 Å². The smallest absolute Gasteiger partial charge is 0.333 e. The molecule has 0 amide bonds. The van der Waals surface area contributed by atoms with Crippen LogP contribution in [0.1, 0.15) is 26.7 Å². The van der Waals surface area contributed by atoms with E-state index in [2.05, 4.69) is 4.90 Å². The van der Waals surface area contributed by atoms with Crippen LogP contribution in [0.5, 0.6) is 0 Å². The summed E-state index contributed by atoms with van der Waals surface area (Å²) in [4.78, 5) is 13.8. The van der Waals surface area contributed by atoms with Crippen molar-refractivity contribution in [1.29, 1.82) is 0 Å². The monoisotopic (exact) mass is 239 g/mol. The van der Waals surface area contributed by atoms with Gasteiger partial charge in [-0.1, -0.05) is 6.08 Å². The van der Waals surface area contributed by atoms with Gasteiger partial charge in [-0.3, -0.25) is 4.90 Å². The SMILES string of the molecule is CC=C(C)C(=O)OCC1CCN2CCC(O)C12. The number of carbonyl (C=O) groups excluding carboxylic acids is 1. The van der Waals surface area contributed by atoms with Crippen molar-refractivity contribution in [3.05, 3.63) is 11.6 Å². The van der Waals surface area contributed by atoms with Gasteiger partial charge in [-0.2, -0.15) is 0 Å². The number of carbonyl (C=O) groups is 1. The second-order valence-electron chi connectivity index (χ2n) is 5.00. The van der Waals surface area contributed by atoms with Crippen LogP contribution >= 0.6 is 0 Å². The number of nitrogens with zero attached hydrogens (tertiary/aromatic N) is 1. The summed E-state index contributed by atoms with van der Waals surface area (Å²) >= 11 is 0. The summed E-state index contributed by atoms with van der Waals surface area (Å²) in [5.74, 6) is 0.0551. The number of ether oxygens (including phenoxy) is 1. The van der Waals surface area contributed by atoms with Crippen LogP contribution in [0.4, 0.5) is 0 Å². The molecule has 2 aliphatic heterocycles. The maximum atomic E-state index is 11.5. The predicted octanol–water partition coefficient (Wildman–Crippen LogP) is 0.951. The van der Waals surface area contributed by atoms with Crippen molar-refractivity contribution in [2.24, 2.45) is 5.92 Å². The maximum Gasteiger partial charge on any atom is 0.333 e. The minimum Gasteiger partial charge on any atom is -0.462 e. The van der Waals surface area contributed by atoms with Gasteiger partial charge >= 0.3 is 5.97 Å². The number of fused-ring (bicyclic) bond motifs is 1. The molecule has 0 aliphatic carbocycles. The van der Waals surface area contributed by atoms with Crippen molar-refractivity contribution in [2.75, 3.05) is 19.7 Å². The van der Waals surface area contributed by atoms with Gasteiger partial charge in [0.05, 0.1) is 12.7 Å². The Morgan fingerprint density at radius 1 is 1.47 bits per heavy atom. The highest BCUT2D eigenvalue weighted by atomic mass is 16.5. The first kappa shape index (κ1) is 12.6. The summed E-state index contributed by atoms with van der Waals surface area (Å²) in [5.41, 5.74) is 0.645. The Hall–Kier alpha value is -0.870. The lowest BCUT2D eigenvalue weighted by atomic mass is 9.97. The molecule has 4 nitrogen and oxygen atoms in total. The largest absolute Gasteiger partial charge is 0.462 e. The van der Waals surface area contributed by atoms with Crippen molar-refractivity contribution in [3.8, 4) is 0 Å². The van der Waals surface area contributed by atoms with Crippen LogP contribution in [0.25, 0.3) is 0 Å². The standard InChI is InChI=1S/C13H21NO3/c1-3-9(2)13(16)17-8-10-4-6-14-7-5-11(15)12(10)14/h3,10-12,15H,4-8H2,1-2H3. The number of esters is 1. The molecule has 0 radical (unpaired) electrons. The fourth-order valence-electron chi connectivity index (χ4n) is 2.83. The first-order valence-electron chi connectivity index (χ1n) is 6.35. The van der Waals surface area contributed by atoms with Crippen molar-refractivity contribution in [3.63, 3.8) is 0 Å². The third kappa shape index (κ3) is 2.53. The molecule has 17 heavy (non-hydrogen) atoms. The van der Waals surface area contributed by atoms with Crippen molar-refractivity contribution in [2.45, 2.75) is 38.8 Å². The minimum absolute atomic E-state index is 0.203. The van der Waals surface area contributed by atoms with Gasteiger partial charge in [0.15, 0.2) is 0 Å². The zero-order chi connectivity index (χ0) is 12.4. The van der Waals surface area contributed by atoms with Crippen molar-refractivity contribution >= 4 is 5.97 Å². The second-order valence-corrected chi connectivity index (χ2v) is 5.00. The molecule has 2 fully saturated rings. The van der Waals surface area contributed by atoms with Gasteiger partial charge in [-0.15, -0.1) is 0 Å². The first-order valence-corrected chi connectivity index (χ1v) is 6.35. The van der Waals surface area contributed by atoms with E-state index in [0.717, 1.165) is 25.9 Å². The van der Waals surface area contributed by atoms with E-state index in [4.69, 9.17) is 4.74 Å². The summed E-state index contributed by atoms with van der Waals surface area (Å²) in [6.45, 7) is 6.02. The second kappa shape index (κ2) is 5.19. The molecular weight excluding hydrogens is 218 g/mol. The molecule has 0 aromatic heterocycles. The molecular formula is C13H21NO3. The molecule has 0 aromatic carbocycles. The Labute approximate surface area is 102 Å². The summed E-state index contributed by atoms with van der Waals surface area (Å²) in [5, 5.41) is 9.90. The zero-order valence-corrected chi connectivity index (χ0v) is 10.6. The average molecular weight is 239 g/mol. The number of hydrogen-bond donors (Lipinski definition) is 1. The molecule has 96 valence electrons. The molecule has 3 unspecified atom stereocenters. The Kier molecular flexibility index (Phi) is 3.84. The molecule has 0 spiro atoms. The Morgan fingerprint density at radius 3 is 2.88 bits per heavy atom. The van der Waals surface area contributed by atoms with Crippen LogP contribution in [0, 0.1) is 5.92 Å². The van der Waals surface area contributed by atoms with Crippen LogP contribution < -0.4 is 0 Å². The summed E-state index contributed by atoms with van der Waals surface area (Å²) in [6.07, 6.45) is 3.38.